The van der Waals surface area contributed by atoms with Gasteiger partial charge in [0.05, 0.1) is 22.2 Å². The second-order valence-electron chi connectivity index (χ2n) is 9.46. The van der Waals surface area contributed by atoms with Crippen LogP contribution in [0.15, 0.2) is 96.4 Å². The highest BCUT2D eigenvalue weighted by Crippen LogP contribution is 2.43. The number of nitrogens with one attached hydrogen (secondary N) is 1. The maximum atomic E-state index is 14.1. The molecule has 0 aliphatic carbocycles. The maximum Gasteiger partial charge on any atom is 0.290 e. The molecule has 2 aromatic heterocycles. The summed E-state index contributed by atoms with van der Waals surface area (Å²) in [7, 11) is 0. The van der Waals surface area contributed by atoms with E-state index in [-0.39, 0.29) is 17.9 Å². The van der Waals surface area contributed by atoms with Gasteiger partial charge in [0.15, 0.2) is 5.76 Å². The topological polar surface area (TPSA) is 86.3 Å². The summed E-state index contributed by atoms with van der Waals surface area (Å²) in [5, 5.41) is 12.7. The van der Waals surface area contributed by atoms with Crippen molar-refractivity contribution in [2.75, 3.05) is 6.54 Å². The third kappa shape index (κ3) is 4.42. The zero-order valence-electron chi connectivity index (χ0n) is 21.0. The van der Waals surface area contributed by atoms with Crippen LogP contribution in [0.25, 0.3) is 21.5 Å². The van der Waals surface area contributed by atoms with Crippen LogP contribution in [0.5, 0.6) is 0 Å². The second kappa shape index (κ2) is 9.96. The lowest BCUT2D eigenvalue weighted by Crippen LogP contribution is -2.33. The minimum atomic E-state index is -0.803. The van der Waals surface area contributed by atoms with Gasteiger partial charge in [0.2, 0.25) is 5.78 Å². The number of aromatic amines is 1. The van der Waals surface area contributed by atoms with E-state index in [1.54, 1.807) is 25.3 Å². The molecule has 1 atom stereocenters. The van der Waals surface area contributed by atoms with Gasteiger partial charge in [-0.3, -0.25) is 9.59 Å². The Balaban J connectivity index is 1.42. The van der Waals surface area contributed by atoms with Gasteiger partial charge in [0, 0.05) is 34.8 Å². The van der Waals surface area contributed by atoms with E-state index in [1.807, 2.05) is 54.6 Å². The maximum absolute atomic E-state index is 14.1. The lowest BCUT2D eigenvalue weighted by molar-refractivity contribution is -0.129. The van der Waals surface area contributed by atoms with Crippen LogP contribution in [0.3, 0.4) is 0 Å². The number of nitrogens with zero attached hydrogens (tertiary/aromatic N) is 2. The van der Waals surface area contributed by atoms with Gasteiger partial charge in [-0.15, -0.1) is 11.3 Å². The number of aliphatic hydroxyl groups is 1. The van der Waals surface area contributed by atoms with E-state index >= 15 is 0 Å². The molecule has 1 aliphatic heterocycles. The first-order valence-corrected chi connectivity index (χ1v) is 13.4. The lowest BCUT2D eigenvalue weighted by atomic mass is 9.94. The molecule has 5 aromatic rings. The fourth-order valence-electron chi connectivity index (χ4n) is 5.09. The normalized spacial score (nSPS) is 15.5. The Morgan fingerprint density at radius 1 is 1.05 bits per heavy atom. The van der Waals surface area contributed by atoms with Crippen molar-refractivity contribution < 1.29 is 19.1 Å². The number of ketones is 1. The first-order chi connectivity index (χ1) is 18.9. The summed E-state index contributed by atoms with van der Waals surface area (Å²) < 4.78 is 13.4. The van der Waals surface area contributed by atoms with E-state index in [1.165, 1.54) is 28.4 Å². The number of aryl methyl sites for hydroxylation is 1. The van der Waals surface area contributed by atoms with Gasteiger partial charge in [-0.25, -0.2) is 9.37 Å². The number of aliphatic hydroxyl groups excluding tert-OH is 1. The molecule has 1 amide bonds. The van der Waals surface area contributed by atoms with E-state index in [0.29, 0.717) is 22.0 Å². The van der Waals surface area contributed by atoms with Gasteiger partial charge in [-0.1, -0.05) is 60.7 Å². The number of halogens is 1. The summed E-state index contributed by atoms with van der Waals surface area (Å²) in [6, 6.07) is 22.5. The Labute approximate surface area is 228 Å². The van der Waals surface area contributed by atoms with Gasteiger partial charge in [0.1, 0.15) is 10.8 Å². The molecule has 194 valence electrons. The van der Waals surface area contributed by atoms with Crippen LogP contribution in [0.2, 0.25) is 0 Å². The molecule has 0 fully saturated rings. The molecule has 3 heterocycles. The number of aromatic nitrogens is 2. The lowest BCUT2D eigenvalue weighted by Gasteiger charge is -2.26. The molecule has 0 bridgehead atoms. The standard InChI is InChI=1S/C31H24FN3O3S/c1-18-29(39-30(34-18)20-7-3-2-4-8-20)27(36)25-26(23-17-33-24-10-6-5-9-22(23)24)35(31(38)28(25)37)16-15-19-11-13-21(32)14-12-19/h2-14,17,26,33,37H,15-16H2,1H3. The highest BCUT2D eigenvalue weighted by molar-refractivity contribution is 7.17. The molecule has 1 aliphatic rings. The molecule has 0 saturated heterocycles. The zero-order valence-corrected chi connectivity index (χ0v) is 21.8. The number of H-pyrrole nitrogens is 1. The highest BCUT2D eigenvalue weighted by atomic mass is 32.1. The molecule has 1 unspecified atom stereocenters. The van der Waals surface area contributed by atoms with E-state index in [9.17, 15) is 19.1 Å². The van der Waals surface area contributed by atoms with Crippen LogP contribution in [0.1, 0.15) is 32.5 Å². The third-order valence-corrected chi connectivity index (χ3v) is 8.25. The monoisotopic (exact) mass is 537 g/mol. The van der Waals surface area contributed by atoms with Crippen molar-refractivity contribution in [3.63, 3.8) is 0 Å². The molecule has 0 radical (unpaired) electrons. The van der Waals surface area contributed by atoms with Crippen molar-refractivity contribution in [2.24, 2.45) is 0 Å². The number of thiazole rings is 1. The van der Waals surface area contributed by atoms with Gasteiger partial charge in [-0.2, -0.15) is 0 Å². The van der Waals surface area contributed by atoms with E-state index in [2.05, 4.69) is 9.97 Å². The predicted octanol–water partition coefficient (Wildman–Crippen LogP) is 6.56. The number of carbonyl (C=O) groups excluding carboxylic acids is 2. The first-order valence-electron chi connectivity index (χ1n) is 12.5. The number of carbonyl (C=O) groups is 2. The molecular weight excluding hydrogens is 513 g/mol. The number of fused-ring (bicyclic) bond motifs is 1. The molecular formula is C31H24FN3O3S. The Morgan fingerprint density at radius 3 is 2.54 bits per heavy atom. The van der Waals surface area contributed by atoms with Crippen molar-refractivity contribution in [3.8, 4) is 10.6 Å². The summed E-state index contributed by atoms with van der Waals surface area (Å²) in [6.07, 6.45) is 2.21. The van der Waals surface area contributed by atoms with Crippen molar-refractivity contribution >= 4 is 33.9 Å². The van der Waals surface area contributed by atoms with Crippen LogP contribution in [-0.4, -0.2) is 38.2 Å². The van der Waals surface area contributed by atoms with Gasteiger partial charge >= 0.3 is 0 Å². The minimum Gasteiger partial charge on any atom is -0.503 e. The van der Waals surface area contributed by atoms with Crippen LogP contribution in [0, 0.1) is 12.7 Å². The van der Waals surface area contributed by atoms with Crippen LogP contribution in [-0.2, 0) is 11.2 Å². The molecule has 39 heavy (non-hydrogen) atoms. The predicted molar refractivity (Wildman–Crippen MR) is 149 cm³/mol. The van der Waals surface area contributed by atoms with Crippen LogP contribution < -0.4 is 0 Å². The van der Waals surface area contributed by atoms with Crippen LogP contribution in [0.4, 0.5) is 4.39 Å². The molecule has 3 aromatic carbocycles. The van der Waals surface area contributed by atoms with Crippen molar-refractivity contribution in [2.45, 2.75) is 19.4 Å². The molecule has 2 N–H and O–H groups in total. The van der Waals surface area contributed by atoms with E-state index < -0.39 is 23.5 Å². The summed E-state index contributed by atoms with van der Waals surface area (Å²) in [4.78, 5) is 37.3. The third-order valence-electron chi connectivity index (χ3n) is 7.04. The van der Waals surface area contributed by atoms with E-state index in [0.717, 1.165) is 27.6 Å². The van der Waals surface area contributed by atoms with Crippen molar-refractivity contribution in [1.82, 2.24) is 14.9 Å². The van der Waals surface area contributed by atoms with Gasteiger partial charge in [-0.05, 0) is 37.1 Å². The molecule has 8 heteroatoms. The quantitative estimate of drug-likeness (QED) is 0.230. The Kier molecular flexibility index (Phi) is 6.32. The fraction of sp³-hybridized carbons (Fsp3) is 0.129. The number of Topliss-reactive ketones (excluding diaryl/α,β-unsaturated/α-hetero) is 1. The van der Waals surface area contributed by atoms with Crippen LogP contribution >= 0.6 is 11.3 Å². The summed E-state index contributed by atoms with van der Waals surface area (Å²) in [5.41, 5.74) is 3.88. The van der Waals surface area contributed by atoms with Crippen molar-refractivity contribution in [1.29, 1.82) is 0 Å². The summed E-state index contributed by atoms with van der Waals surface area (Å²) in [6.45, 7) is 1.99. The van der Waals surface area contributed by atoms with Crippen molar-refractivity contribution in [3.05, 3.63) is 124 Å². The number of para-hydroxylation sites is 1. The number of rotatable bonds is 7. The van der Waals surface area contributed by atoms with E-state index in [4.69, 9.17) is 0 Å². The molecule has 6 rings (SSSR count). The summed E-state index contributed by atoms with van der Waals surface area (Å²) in [5.74, 6) is -1.92. The molecule has 0 spiro atoms. The Bertz CT molecular complexity index is 1740. The number of benzene rings is 3. The zero-order chi connectivity index (χ0) is 27.1. The SMILES string of the molecule is Cc1nc(-c2ccccc2)sc1C(=O)C1=C(O)C(=O)N(CCc2ccc(F)cc2)C1c1c[nH]c2ccccc12. The fourth-order valence-corrected chi connectivity index (χ4v) is 6.12. The smallest absolute Gasteiger partial charge is 0.290 e. The number of hydrogen-bond donors (Lipinski definition) is 2. The Hall–Kier alpha value is -4.56. The number of hydrogen-bond acceptors (Lipinski definition) is 5. The first kappa shape index (κ1) is 24.8. The average Bonchev–Trinajstić information content (AvgIpc) is 3.63. The second-order valence-corrected chi connectivity index (χ2v) is 10.5. The largest absolute Gasteiger partial charge is 0.503 e. The minimum absolute atomic E-state index is 0.0372. The molecule has 0 saturated carbocycles. The number of amides is 1. The highest BCUT2D eigenvalue weighted by Gasteiger charge is 2.45. The summed E-state index contributed by atoms with van der Waals surface area (Å²) >= 11 is 1.25. The molecule has 6 nitrogen and oxygen atoms in total. The average molecular weight is 538 g/mol. The van der Waals surface area contributed by atoms with Gasteiger partial charge < -0.3 is 15.0 Å². The Morgan fingerprint density at radius 2 is 1.77 bits per heavy atom. The van der Waals surface area contributed by atoms with Gasteiger partial charge in [0.25, 0.3) is 5.91 Å².